The maximum absolute atomic E-state index is 12.9. The van der Waals surface area contributed by atoms with Crippen LogP contribution in [-0.2, 0) is 9.53 Å². The summed E-state index contributed by atoms with van der Waals surface area (Å²) in [6, 6.07) is 22.7. The van der Waals surface area contributed by atoms with Gasteiger partial charge in [-0.05, 0) is 49.9 Å². The number of aromatic amines is 1. The second kappa shape index (κ2) is 11.8. The van der Waals surface area contributed by atoms with Gasteiger partial charge in [0, 0.05) is 61.3 Å². The number of methoxy groups -OCH3 is 1. The maximum atomic E-state index is 12.9. The molecule has 4 aromatic rings. The number of aromatic hydroxyl groups is 1. The van der Waals surface area contributed by atoms with E-state index in [4.69, 9.17) is 9.73 Å². The van der Waals surface area contributed by atoms with Gasteiger partial charge in [-0.3, -0.25) is 9.69 Å². The lowest BCUT2D eigenvalue weighted by Gasteiger charge is -2.36. The molecule has 1 amide bonds. The van der Waals surface area contributed by atoms with Gasteiger partial charge in [-0.1, -0.05) is 36.4 Å². The summed E-state index contributed by atoms with van der Waals surface area (Å²) < 4.78 is 4.85. The highest BCUT2D eigenvalue weighted by atomic mass is 16.5. The first-order valence-electron chi connectivity index (χ1n) is 14.3. The number of carbonyl (C=O) groups is 2. The lowest BCUT2D eigenvalue weighted by Crippen LogP contribution is -2.49. The molecule has 2 aliphatic rings. The monoisotopic (exact) mass is 565 g/mol. The SMILES string of the molecule is COC(=O)c1ccc2c(C(=Nc3ccc(N4C(=O)CCC4CN4CCN(C)CC4)cc3)c3ccccc3)c(O)[nH]c2c1. The van der Waals surface area contributed by atoms with Crippen LogP contribution in [0.15, 0.2) is 77.8 Å². The number of likely N-dealkylation sites (N-methyl/N-ethyl adjacent to an activating group) is 1. The van der Waals surface area contributed by atoms with E-state index in [0.29, 0.717) is 34.5 Å². The number of hydrogen-bond donors (Lipinski definition) is 2. The van der Waals surface area contributed by atoms with E-state index < -0.39 is 5.97 Å². The standard InChI is InChI=1S/C33H35N5O4/c1-36-16-18-37(19-17-36)21-26-13-15-29(39)38(26)25-11-9-24(10-12-25)34-31(22-6-4-3-5-7-22)30-27-14-8-23(33(41)42-2)20-28(27)35-32(30)40/h3-12,14,20,26,35,40H,13,15-19,21H2,1-2H3. The molecule has 2 N–H and O–H groups in total. The minimum Gasteiger partial charge on any atom is -0.494 e. The van der Waals surface area contributed by atoms with Crippen molar-refractivity contribution in [1.82, 2.24) is 14.8 Å². The number of amides is 1. The predicted molar refractivity (Wildman–Crippen MR) is 164 cm³/mol. The lowest BCUT2D eigenvalue weighted by atomic mass is 10.00. The molecule has 42 heavy (non-hydrogen) atoms. The van der Waals surface area contributed by atoms with Gasteiger partial charge < -0.3 is 24.6 Å². The molecule has 0 aliphatic carbocycles. The van der Waals surface area contributed by atoms with Gasteiger partial charge >= 0.3 is 5.97 Å². The van der Waals surface area contributed by atoms with Gasteiger partial charge in [-0.2, -0.15) is 0 Å². The molecule has 1 aromatic heterocycles. The van der Waals surface area contributed by atoms with Crippen molar-refractivity contribution in [2.75, 3.05) is 51.8 Å². The molecule has 2 fully saturated rings. The molecule has 2 aliphatic heterocycles. The number of nitrogens with one attached hydrogen (secondary N) is 1. The van der Waals surface area contributed by atoms with Crippen molar-refractivity contribution in [3.8, 4) is 5.88 Å². The first kappa shape index (κ1) is 27.7. The smallest absolute Gasteiger partial charge is 0.337 e. The van der Waals surface area contributed by atoms with E-state index in [9.17, 15) is 14.7 Å². The molecule has 0 bridgehead atoms. The number of rotatable bonds is 7. The summed E-state index contributed by atoms with van der Waals surface area (Å²) >= 11 is 0. The van der Waals surface area contributed by atoms with Crippen LogP contribution in [0.1, 0.15) is 34.3 Å². The highest BCUT2D eigenvalue weighted by molar-refractivity contribution is 6.22. The molecule has 1 unspecified atom stereocenters. The number of carbonyl (C=O) groups excluding carboxylic acids is 2. The summed E-state index contributed by atoms with van der Waals surface area (Å²) in [5.74, 6) is -0.335. The number of ether oxygens (including phenoxy) is 1. The highest BCUT2D eigenvalue weighted by Gasteiger charge is 2.33. The molecule has 0 radical (unpaired) electrons. The molecule has 6 rings (SSSR count). The number of fused-ring (bicyclic) bond motifs is 1. The fourth-order valence-electron chi connectivity index (χ4n) is 5.95. The third-order valence-electron chi connectivity index (χ3n) is 8.24. The number of anilines is 1. The topological polar surface area (TPSA) is 101 Å². The van der Waals surface area contributed by atoms with E-state index in [1.165, 1.54) is 7.11 Å². The van der Waals surface area contributed by atoms with Crippen molar-refractivity contribution in [2.45, 2.75) is 18.9 Å². The van der Waals surface area contributed by atoms with E-state index >= 15 is 0 Å². The van der Waals surface area contributed by atoms with Crippen molar-refractivity contribution < 1.29 is 19.4 Å². The Kier molecular flexibility index (Phi) is 7.78. The Labute approximate surface area is 245 Å². The zero-order valence-electron chi connectivity index (χ0n) is 23.9. The van der Waals surface area contributed by atoms with Crippen molar-refractivity contribution in [2.24, 2.45) is 4.99 Å². The Hall–Kier alpha value is -4.47. The van der Waals surface area contributed by atoms with Gasteiger partial charge in [-0.25, -0.2) is 9.79 Å². The first-order chi connectivity index (χ1) is 20.4. The average molecular weight is 566 g/mol. The molecular weight excluding hydrogens is 530 g/mol. The Bertz CT molecular complexity index is 1620. The van der Waals surface area contributed by atoms with Gasteiger partial charge in [0.2, 0.25) is 5.91 Å². The van der Waals surface area contributed by atoms with Crippen molar-refractivity contribution >= 4 is 39.9 Å². The maximum Gasteiger partial charge on any atom is 0.337 e. The van der Waals surface area contributed by atoms with Crippen LogP contribution in [0.25, 0.3) is 10.9 Å². The Morgan fingerprint density at radius 1 is 1.00 bits per heavy atom. The summed E-state index contributed by atoms with van der Waals surface area (Å²) in [6.07, 6.45) is 1.43. The fraction of sp³-hybridized carbons (Fsp3) is 0.303. The third-order valence-corrected chi connectivity index (χ3v) is 8.24. The van der Waals surface area contributed by atoms with Gasteiger partial charge in [0.15, 0.2) is 5.88 Å². The summed E-state index contributed by atoms with van der Waals surface area (Å²) in [4.78, 5) is 39.7. The van der Waals surface area contributed by atoms with Crippen LogP contribution < -0.4 is 4.90 Å². The Morgan fingerprint density at radius 2 is 1.74 bits per heavy atom. The van der Waals surface area contributed by atoms with Gasteiger partial charge in [-0.15, -0.1) is 0 Å². The van der Waals surface area contributed by atoms with Crippen LogP contribution in [0.2, 0.25) is 0 Å². The van der Waals surface area contributed by atoms with Crippen molar-refractivity contribution in [3.63, 3.8) is 0 Å². The normalized spacial score (nSPS) is 18.6. The summed E-state index contributed by atoms with van der Waals surface area (Å²) in [5.41, 5.74) is 4.51. The third kappa shape index (κ3) is 5.53. The number of H-pyrrole nitrogens is 1. The number of nitrogens with zero attached hydrogens (tertiary/aromatic N) is 4. The second-order valence-electron chi connectivity index (χ2n) is 11.0. The zero-order valence-corrected chi connectivity index (χ0v) is 23.9. The number of esters is 1. The Morgan fingerprint density at radius 3 is 2.45 bits per heavy atom. The number of piperazine rings is 1. The molecule has 3 heterocycles. The van der Waals surface area contributed by atoms with Crippen LogP contribution in [0.3, 0.4) is 0 Å². The number of benzene rings is 3. The number of aromatic nitrogens is 1. The van der Waals surface area contributed by atoms with E-state index in [1.807, 2.05) is 59.5 Å². The number of hydrogen-bond acceptors (Lipinski definition) is 7. The predicted octanol–water partition coefficient (Wildman–Crippen LogP) is 4.57. The number of aliphatic imine (C=N–C) groups is 1. The Balaban J connectivity index is 1.32. The molecule has 3 aromatic carbocycles. The average Bonchev–Trinajstić information content (AvgIpc) is 3.54. The van der Waals surface area contributed by atoms with Crippen LogP contribution in [-0.4, -0.2) is 90.4 Å². The molecule has 0 saturated carbocycles. The molecular formula is C33H35N5O4. The summed E-state index contributed by atoms with van der Waals surface area (Å²) in [6.45, 7) is 5.03. The molecule has 9 heteroatoms. The van der Waals surface area contributed by atoms with Crippen LogP contribution >= 0.6 is 0 Å². The van der Waals surface area contributed by atoms with Crippen molar-refractivity contribution in [3.05, 3.63) is 89.5 Å². The summed E-state index contributed by atoms with van der Waals surface area (Å²) in [5, 5.41) is 11.8. The minimum absolute atomic E-state index is 0.0411. The molecule has 2 saturated heterocycles. The van der Waals surface area contributed by atoms with Crippen molar-refractivity contribution in [1.29, 1.82) is 0 Å². The summed E-state index contributed by atoms with van der Waals surface area (Å²) in [7, 11) is 3.49. The molecule has 0 spiro atoms. The zero-order chi connectivity index (χ0) is 29.2. The quantitative estimate of drug-likeness (QED) is 0.252. The van der Waals surface area contributed by atoms with Gasteiger partial charge in [0.25, 0.3) is 0 Å². The molecule has 1 atom stereocenters. The van der Waals surface area contributed by atoms with E-state index in [2.05, 4.69) is 21.8 Å². The molecule has 216 valence electrons. The first-order valence-corrected chi connectivity index (χ1v) is 14.3. The van der Waals surface area contributed by atoms with Gasteiger partial charge in [0.05, 0.1) is 35.7 Å². The van der Waals surface area contributed by atoms with E-state index in [-0.39, 0.29) is 17.8 Å². The van der Waals surface area contributed by atoms with Gasteiger partial charge in [0.1, 0.15) is 0 Å². The lowest BCUT2D eigenvalue weighted by molar-refractivity contribution is -0.117. The molecule has 9 nitrogen and oxygen atoms in total. The van der Waals surface area contributed by atoms with Crippen LogP contribution in [0, 0.1) is 0 Å². The van der Waals surface area contributed by atoms with E-state index in [0.717, 1.165) is 55.8 Å². The largest absolute Gasteiger partial charge is 0.494 e. The second-order valence-corrected chi connectivity index (χ2v) is 11.0. The van der Waals surface area contributed by atoms with Crippen LogP contribution in [0.5, 0.6) is 5.88 Å². The van der Waals surface area contributed by atoms with E-state index in [1.54, 1.807) is 18.2 Å². The minimum atomic E-state index is -0.452. The highest BCUT2D eigenvalue weighted by Crippen LogP contribution is 2.34. The van der Waals surface area contributed by atoms with Crippen LogP contribution in [0.4, 0.5) is 11.4 Å². The fourth-order valence-corrected chi connectivity index (χ4v) is 5.95.